The van der Waals surface area contributed by atoms with E-state index in [1.165, 1.54) is 6.39 Å². The molecule has 0 aromatic carbocycles. The van der Waals surface area contributed by atoms with Gasteiger partial charge in [0.1, 0.15) is 6.33 Å². The Hall–Kier alpha value is -1.95. The van der Waals surface area contributed by atoms with Crippen molar-refractivity contribution < 1.29 is 4.42 Å². The smallest absolute Gasteiger partial charge is 0.241 e. The maximum absolute atomic E-state index is 6.26. The molecule has 6 nitrogen and oxygen atoms in total. The van der Waals surface area contributed by atoms with Gasteiger partial charge in [-0.05, 0) is 18.9 Å². The summed E-state index contributed by atoms with van der Waals surface area (Å²) in [5, 5.41) is 11.7. The van der Waals surface area contributed by atoms with Crippen LogP contribution in [0.25, 0.3) is 17.8 Å². The maximum Gasteiger partial charge on any atom is 0.241 e. The standard InChI is InChI=1S/C14H18ClN5O/c1-3-4-5-12(15)8-11(2)14-16-9-20(19-14)7-6-13-18-17-10-21-13/h6-10,12H,3-5H2,1-2H3/b7-6-,11-8+. The van der Waals surface area contributed by atoms with Crippen molar-refractivity contribution >= 4 is 29.5 Å². The van der Waals surface area contributed by atoms with Crippen molar-refractivity contribution in [3.8, 4) is 0 Å². The topological polar surface area (TPSA) is 69.6 Å². The number of unbranched alkanes of at least 4 members (excludes halogenated alkanes) is 1. The van der Waals surface area contributed by atoms with E-state index in [2.05, 4.69) is 27.2 Å². The lowest BCUT2D eigenvalue weighted by Crippen LogP contribution is -1.96. The quantitative estimate of drug-likeness (QED) is 0.732. The number of allylic oxidation sites excluding steroid dienone is 2. The molecule has 0 fully saturated rings. The first-order chi connectivity index (χ1) is 10.2. The molecule has 21 heavy (non-hydrogen) atoms. The molecule has 0 spiro atoms. The molecule has 2 aromatic rings. The largest absolute Gasteiger partial charge is 0.424 e. The number of nitrogens with zero attached hydrogens (tertiary/aromatic N) is 5. The Morgan fingerprint density at radius 3 is 3.10 bits per heavy atom. The summed E-state index contributed by atoms with van der Waals surface area (Å²) in [6.45, 7) is 4.11. The zero-order valence-electron chi connectivity index (χ0n) is 12.1. The molecule has 1 atom stereocenters. The third kappa shape index (κ3) is 4.82. The van der Waals surface area contributed by atoms with E-state index in [4.69, 9.17) is 16.0 Å². The highest BCUT2D eigenvalue weighted by Gasteiger charge is 2.06. The van der Waals surface area contributed by atoms with E-state index in [1.807, 2.05) is 13.0 Å². The van der Waals surface area contributed by atoms with Crippen LogP contribution >= 0.6 is 11.6 Å². The van der Waals surface area contributed by atoms with Gasteiger partial charge in [0.05, 0.1) is 5.38 Å². The second kappa shape index (κ2) is 7.73. The molecule has 0 saturated carbocycles. The van der Waals surface area contributed by atoms with Crippen LogP contribution in [0.5, 0.6) is 0 Å². The van der Waals surface area contributed by atoms with Gasteiger partial charge in [0, 0.05) is 12.3 Å². The molecule has 0 saturated heterocycles. The molecule has 1 unspecified atom stereocenters. The molecule has 112 valence electrons. The fourth-order valence-electron chi connectivity index (χ4n) is 1.75. The lowest BCUT2D eigenvalue weighted by molar-refractivity contribution is 0.542. The van der Waals surface area contributed by atoms with Crippen LogP contribution in [0.3, 0.4) is 0 Å². The molecular formula is C14H18ClN5O. The Balaban J connectivity index is 2.00. The first-order valence-electron chi connectivity index (χ1n) is 6.87. The van der Waals surface area contributed by atoms with Crippen molar-refractivity contribution in [2.75, 3.05) is 0 Å². The van der Waals surface area contributed by atoms with Gasteiger partial charge in [0.25, 0.3) is 0 Å². The Morgan fingerprint density at radius 2 is 2.38 bits per heavy atom. The summed E-state index contributed by atoms with van der Waals surface area (Å²) in [5.74, 6) is 1.08. The third-order valence-electron chi connectivity index (χ3n) is 2.87. The average molecular weight is 308 g/mol. The van der Waals surface area contributed by atoms with Gasteiger partial charge in [-0.3, -0.25) is 0 Å². The summed E-state index contributed by atoms with van der Waals surface area (Å²) < 4.78 is 6.59. The number of hydrogen-bond donors (Lipinski definition) is 0. The van der Waals surface area contributed by atoms with Crippen molar-refractivity contribution in [2.45, 2.75) is 38.5 Å². The summed E-state index contributed by atoms with van der Waals surface area (Å²) in [7, 11) is 0. The van der Waals surface area contributed by atoms with Gasteiger partial charge in [-0.2, -0.15) is 0 Å². The van der Waals surface area contributed by atoms with Crippen LogP contribution in [0.15, 0.2) is 23.2 Å². The lowest BCUT2D eigenvalue weighted by atomic mass is 10.1. The Bertz CT molecular complexity index is 603. The highest BCUT2D eigenvalue weighted by atomic mass is 35.5. The van der Waals surface area contributed by atoms with E-state index < -0.39 is 0 Å². The number of hydrogen-bond acceptors (Lipinski definition) is 5. The summed E-state index contributed by atoms with van der Waals surface area (Å²) >= 11 is 6.26. The molecule has 0 bridgehead atoms. The minimum Gasteiger partial charge on any atom is -0.424 e. The normalized spacial score (nSPS) is 14.0. The van der Waals surface area contributed by atoms with Gasteiger partial charge in [0.15, 0.2) is 5.82 Å². The molecule has 2 rings (SSSR count). The zero-order chi connectivity index (χ0) is 15.1. The number of halogens is 1. The summed E-state index contributed by atoms with van der Waals surface area (Å²) in [6, 6.07) is 0. The van der Waals surface area contributed by atoms with Crippen LogP contribution in [0.2, 0.25) is 0 Å². The Morgan fingerprint density at radius 1 is 1.52 bits per heavy atom. The first kappa shape index (κ1) is 15.4. The van der Waals surface area contributed by atoms with Crippen molar-refractivity contribution in [1.29, 1.82) is 0 Å². The zero-order valence-corrected chi connectivity index (χ0v) is 12.9. The van der Waals surface area contributed by atoms with Crippen LogP contribution in [-0.2, 0) is 0 Å². The van der Waals surface area contributed by atoms with Crippen LogP contribution in [0, 0.1) is 0 Å². The van der Waals surface area contributed by atoms with E-state index in [1.54, 1.807) is 23.3 Å². The number of rotatable bonds is 7. The molecule has 0 aliphatic carbocycles. The molecule has 2 aromatic heterocycles. The Kier molecular flexibility index (Phi) is 5.68. The highest BCUT2D eigenvalue weighted by Crippen LogP contribution is 2.16. The molecule has 0 radical (unpaired) electrons. The van der Waals surface area contributed by atoms with E-state index in [0.717, 1.165) is 24.8 Å². The van der Waals surface area contributed by atoms with E-state index in [0.29, 0.717) is 11.7 Å². The highest BCUT2D eigenvalue weighted by molar-refractivity contribution is 6.22. The summed E-state index contributed by atoms with van der Waals surface area (Å²) in [5.41, 5.74) is 0.969. The fraction of sp³-hybridized carbons (Fsp3) is 0.429. The predicted molar refractivity (Wildman–Crippen MR) is 82.4 cm³/mol. The Labute approximate surface area is 128 Å². The minimum absolute atomic E-state index is 0.0193. The lowest BCUT2D eigenvalue weighted by Gasteiger charge is -2.03. The van der Waals surface area contributed by atoms with Gasteiger partial charge in [-0.1, -0.05) is 25.8 Å². The number of aromatic nitrogens is 5. The molecule has 0 aliphatic rings. The van der Waals surface area contributed by atoms with Gasteiger partial charge in [-0.15, -0.1) is 26.9 Å². The summed E-state index contributed by atoms with van der Waals surface area (Å²) in [6.07, 6.45) is 11.5. The molecular weight excluding hydrogens is 290 g/mol. The van der Waals surface area contributed by atoms with Crippen LogP contribution in [0.4, 0.5) is 0 Å². The fourth-order valence-corrected chi connectivity index (χ4v) is 2.09. The molecule has 0 amide bonds. The van der Waals surface area contributed by atoms with Gasteiger partial charge in [-0.25, -0.2) is 9.67 Å². The molecule has 0 N–H and O–H groups in total. The molecule has 7 heteroatoms. The number of alkyl halides is 1. The van der Waals surface area contributed by atoms with Crippen LogP contribution < -0.4 is 0 Å². The van der Waals surface area contributed by atoms with Crippen molar-refractivity contribution in [1.82, 2.24) is 25.0 Å². The van der Waals surface area contributed by atoms with Gasteiger partial charge < -0.3 is 4.42 Å². The predicted octanol–water partition coefficient (Wildman–Crippen LogP) is 3.49. The average Bonchev–Trinajstić information content (AvgIpc) is 3.13. The van der Waals surface area contributed by atoms with Crippen molar-refractivity contribution in [2.24, 2.45) is 0 Å². The van der Waals surface area contributed by atoms with E-state index in [9.17, 15) is 0 Å². The van der Waals surface area contributed by atoms with Crippen LogP contribution in [0.1, 0.15) is 44.8 Å². The SMILES string of the molecule is CCCCC(Cl)/C=C(\C)c1ncn(/C=C\c2nnco2)n1. The third-order valence-corrected chi connectivity index (χ3v) is 3.22. The maximum atomic E-state index is 6.26. The van der Waals surface area contributed by atoms with Crippen molar-refractivity contribution in [3.63, 3.8) is 0 Å². The molecule has 0 aliphatic heterocycles. The molecule has 2 heterocycles. The first-order valence-corrected chi connectivity index (χ1v) is 7.31. The second-order valence-electron chi connectivity index (χ2n) is 4.65. The van der Waals surface area contributed by atoms with Crippen molar-refractivity contribution in [3.05, 3.63) is 30.5 Å². The van der Waals surface area contributed by atoms with Gasteiger partial charge in [0.2, 0.25) is 12.3 Å². The second-order valence-corrected chi connectivity index (χ2v) is 5.21. The van der Waals surface area contributed by atoms with Crippen LogP contribution in [-0.4, -0.2) is 30.3 Å². The monoisotopic (exact) mass is 307 g/mol. The summed E-state index contributed by atoms with van der Waals surface area (Å²) in [4.78, 5) is 4.26. The van der Waals surface area contributed by atoms with E-state index >= 15 is 0 Å². The van der Waals surface area contributed by atoms with Gasteiger partial charge >= 0.3 is 0 Å². The van der Waals surface area contributed by atoms with E-state index in [-0.39, 0.29) is 5.38 Å². The minimum atomic E-state index is 0.0193.